The van der Waals surface area contributed by atoms with Crippen LogP contribution >= 0.6 is 0 Å². The fourth-order valence-corrected chi connectivity index (χ4v) is 2.68. The Kier molecular flexibility index (Phi) is 12.4. The number of amides is 4. The van der Waals surface area contributed by atoms with Crippen LogP contribution in [0.4, 0.5) is 0 Å². The van der Waals surface area contributed by atoms with Gasteiger partial charge in [0.15, 0.2) is 0 Å². The van der Waals surface area contributed by atoms with Crippen LogP contribution in [0.5, 0.6) is 0 Å². The van der Waals surface area contributed by atoms with Gasteiger partial charge in [0.1, 0.15) is 24.2 Å². The second-order valence-electron chi connectivity index (χ2n) is 7.92. The number of hydrogen-bond donors (Lipinski definition) is 7. The zero-order chi connectivity index (χ0) is 24.3. The first kappa shape index (κ1) is 28.3. The highest BCUT2D eigenvalue weighted by atomic mass is 16.4. The lowest BCUT2D eigenvalue weighted by atomic mass is 9.97. The van der Waals surface area contributed by atoms with Crippen LogP contribution in [0, 0.1) is 11.8 Å². The normalized spacial score (nSPS) is 15.8. The van der Waals surface area contributed by atoms with Crippen LogP contribution in [0.3, 0.4) is 0 Å². The lowest BCUT2D eigenvalue weighted by molar-refractivity contribution is -0.143. The highest BCUT2D eigenvalue weighted by Gasteiger charge is 2.33. The maximum absolute atomic E-state index is 12.8. The molecule has 0 bridgehead atoms. The third-order valence-electron chi connectivity index (χ3n) is 4.69. The molecule has 178 valence electrons. The number of carbonyl (C=O) groups excluding carboxylic acids is 4. The van der Waals surface area contributed by atoms with Crippen LogP contribution in [0.25, 0.3) is 0 Å². The monoisotopic (exact) mass is 445 g/mol. The number of aliphatic carboxylic acids is 1. The minimum absolute atomic E-state index is 0.0358. The first-order valence-corrected chi connectivity index (χ1v) is 10.1. The number of carbonyl (C=O) groups is 5. The van der Waals surface area contributed by atoms with E-state index in [2.05, 4.69) is 16.0 Å². The van der Waals surface area contributed by atoms with E-state index in [0.29, 0.717) is 6.42 Å². The van der Waals surface area contributed by atoms with Gasteiger partial charge in [0, 0.05) is 0 Å². The van der Waals surface area contributed by atoms with E-state index in [9.17, 15) is 29.1 Å². The summed E-state index contributed by atoms with van der Waals surface area (Å²) in [6.07, 6.45) is 0.0563. The standard InChI is InChI=1S/C19H35N5O7/c1-5-10(4)15(24-16(27)11(20)8-25)18(29)22-12(7-14(21)26)17(28)23-13(19(30)31)6-9(2)3/h9-13,15,25H,5-8,20H2,1-4H3,(H2,21,26)(H,22,29)(H,23,28)(H,24,27)(H,30,31). The molecule has 0 aromatic heterocycles. The Hall–Kier alpha value is -2.73. The molecule has 0 rings (SSSR count). The molecule has 5 unspecified atom stereocenters. The average molecular weight is 446 g/mol. The number of carboxylic acids is 1. The van der Waals surface area contributed by atoms with Gasteiger partial charge >= 0.3 is 5.97 Å². The van der Waals surface area contributed by atoms with Crippen molar-refractivity contribution in [2.45, 2.75) is 71.1 Å². The Morgan fingerprint density at radius 1 is 0.903 bits per heavy atom. The Morgan fingerprint density at radius 3 is 1.87 bits per heavy atom. The number of hydrogen-bond acceptors (Lipinski definition) is 7. The van der Waals surface area contributed by atoms with Crippen molar-refractivity contribution in [1.29, 1.82) is 0 Å². The Bertz CT molecular complexity index is 656. The van der Waals surface area contributed by atoms with E-state index in [1.54, 1.807) is 27.7 Å². The van der Waals surface area contributed by atoms with E-state index < -0.39 is 66.8 Å². The number of primary amides is 1. The van der Waals surface area contributed by atoms with Gasteiger partial charge in [-0.1, -0.05) is 34.1 Å². The van der Waals surface area contributed by atoms with Crippen LogP contribution in [0.2, 0.25) is 0 Å². The fraction of sp³-hybridized carbons (Fsp3) is 0.737. The molecule has 31 heavy (non-hydrogen) atoms. The van der Waals surface area contributed by atoms with Crippen molar-refractivity contribution in [3.05, 3.63) is 0 Å². The summed E-state index contributed by atoms with van der Waals surface area (Å²) in [6.45, 7) is 6.39. The molecular formula is C19H35N5O7. The van der Waals surface area contributed by atoms with Crippen molar-refractivity contribution in [3.63, 3.8) is 0 Å². The summed E-state index contributed by atoms with van der Waals surface area (Å²) in [5, 5.41) is 25.4. The maximum Gasteiger partial charge on any atom is 0.326 e. The summed E-state index contributed by atoms with van der Waals surface area (Å²) in [7, 11) is 0. The van der Waals surface area contributed by atoms with Crippen molar-refractivity contribution < 1.29 is 34.2 Å². The molecule has 0 fully saturated rings. The fourth-order valence-electron chi connectivity index (χ4n) is 2.68. The summed E-state index contributed by atoms with van der Waals surface area (Å²) < 4.78 is 0. The maximum atomic E-state index is 12.8. The van der Waals surface area contributed by atoms with E-state index in [1.165, 1.54) is 0 Å². The third-order valence-corrected chi connectivity index (χ3v) is 4.69. The number of rotatable bonds is 14. The van der Waals surface area contributed by atoms with E-state index in [4.69, 9.17) is 16.6 Å². The van der Waals surface area contributed by atoms with Gasteiger partial charge < -0.3 is 37.6 Å². The van der Waals surface area contributed by atoms with Crippen molar-refractivity contribution in [1.82, 2.24) is 16.0 Å². The van der Waals surface area contributed by atoms with Gasteiger partial charge in [0.2, 0.25) is 23.6 Å². The molecule has 0 spiro atoms. The van der Waals surface area contributed by atoms with Crippen LogP contribution in [-0.2, 0) is 24.0 Å². The first-order chi connectivity index (χ1) is 14.3. The molecule has 9 N–H and O–H groups in total. The van der Waals surface area contributed by atoms with Crippen LogP contribution in [0.1, 0.15) is 47.0 Å². The number of aliphatic hydroxyl groups excluding tert-OH is 1. The molecular weight excluding hydrogens is 410 g/mol. The molecule has 0 heterocycles. The average Bonchev–Trinajstić information content (AvgIpc) is 2.68. The molecule has 0 saturated carbocycles. The molecule has 12 heteroatoms. The van der Waals surface area contributed by atoms with E-state index >= 15 is 0 Å². The number of nitrogens with one attached hydrogen (secondary N) is 3. The lowest BCUT2D eigenvalue weighted by Crippen LogP contribution is -2.59. The quantitative estimate of drug-likeness (QED) is 0.155. The summed E-state index contributed by atoms with van der Waals surface area (Å²) >= 11 is 0. The predicted octanol–water partition coefficient (Wildman–Crippen LogP) is -2.19. The molecule has 0 aromatic carbocycles. The van der Waals surface area contributed by atoms with Crippen molar-refractivity contribution in [2.24, 2.45) is 23.3 Å². The van der Waals surface area contributed by atoms with Gasteiger partial charge in [0.05, 0.1) is 13.0 Å². The molecule has 0 aliphatic carbocycles. The first-order valence-electron chi connectivity index (χ1n) is 10.1. The summed E-state index contributed by atoms with van der Waals surface area (Å²) in [5.41, 5.74) is 10.6. The van der Waals surface area contributed by atoms with Gasteiger partial charge in [-0.25, -0.2) is 4.79 Å². The second kappa shape index (κ2) is 13.5. The molecule has 0 radical (unpaired) electrons. The smallest absolute Gasteiger partial charge is 0.326 e. The SMILES string of the molecule is CCC(C)C(NC(=O)C(N)CO)C(=O)NC(CC(N)=O)C(=O)NC(CC(C)C)C(=O)O. The van der Waals surface area contributed by atoms with Crippen molar-refractivity contribution in [3.8, 4) is 0 Å². The van der Waals surface area contributed by atoms with Crippen LogP contribution < -0.4 is 27.4 Å². The predicted molar refractivity (Wildman–Crippen MR) is 111 cm³/mol. The van der Waals surface area contributed by atoms with Gasteiger partial charge in [-0.05, 0) is 18.3 Å². The Balaban J connectivity index is 5.54. The summed E-state index contributed by atoms with van der Waals surface area (Å²) in [4.78, 5) is 60.3. The highest BCUT2D eigenvalue weighted by molar-refractivity contribution is 5.96. The minimum atomic E-state index is -1.44. The molecule has 0 aromatic rings. The third kappa shape index (κ3) is 10.2. The van der Waals surface area contributed by atoms with E-state index in [1.807, 2.05) is 0 Å². The summed E-state index contributed by atoms with van der Waals surface area (Å²) in [5.74, 6) is -4.98. The molecule has 4 amide bonds. The topological polar surface area (TPSA) is 214 Å². The van der Waals surface area contributed by atoms with Crippen LogP contribution in [0.15, 0.2) is 0 Å². The molecule has 0 aliphatic rings. The molecule has 12 nitrogen and oxygen atoms in total. The molecule has 5 atom stereocenters. The van der Waals surface area contributed by atoms with Gasteiger partial charge in [-0.15, -0.1) is 0 Å². The second-order valence-corrected chi connectivity index (χ2v) is 7.92. The van der Waals surface area contributed by atoms with Gasteiger partial charge in [0.25, 0.3) is 0 Å². The molecule has 0 saturated heterocycles. The van der Waals surface area contributed by atoms with Crippen LogP contribution in [-0.4, -0.2) is 70.6 Å². The zero-order valence-corrected chi connectivity index (χ0v) is 18.4. The van der Waals surface area contributed by atoms with Crippen molar-refractivity contribution >= 4 is 29.6 Å². The highest BCUT2D eigenvalue weighted by Crippen LogP contribution is 2.10. The molecule has 0 aliphatic heterocycles. The number of aliphatic hydroxyl groups is 1. The van der Waals surface area contributed by atoms with Crippen molar-refractivity contribution in [2.75, 3.05) is 6.61 Å². The van der Waals surface area contributed by atoms with E-state index in [0.717, 1.165) is 0 Å². The number of carboxylic acid groups (broad SMARTS) is 1. The largest absolute Gasteiger partial charge is 0.480 e. The Labute approximate surface area is 181 Å². The Morgan fingerprint density at radius 2 is 1.45 bits per heavy atom. The zero-order valence-electron chi connectivity index (χ0n) is 18.4. The van der Waals surface area contributed by atoms with E-state index in [-0.39, 0.29) is 18.3 Å². The van der Waals surface area contributed by atoms with Gasteiger partial charge in [-0.2, -0.15) is 0 Å². The lowest BCUT2D eigenvalue weighted by Gasteiger charge is -2.27. The minimum Gasteiger partial charge on any atom is -0.480 e. The summed E-state index contributed by atoms with van der Waals surface area (Å²) in [6, 6.07) is -5.00. The number of nitrogens with two attached hydrogens (primary N) is 2. The van der Waals surface area contributed by atoms with Gasteiger partial charge in [-0.3, -0.25) is 19.2 Å².